The molecule has 10 heteroatoms. The number of morpholine rings is 1. The van der Waals surface area contributed by atoms with Crippen LogP contribution in [0.15, 0.2) is 4.99 Å². The van der Waals surface area contributed by atoms with Crippen molar-refractivity contribution < 1.29 is 13.2 Å². The molecular formula is C18H38IN5O3S. The SMILES string of the molecule is CCNC(=NCC(C)(C)N1CCOCC1)NCC1CCN(S(C)(=O)=O)CC1.I. The van der Waals surface area contributed by atoms with Gasteiger partial charge in [-0.05, 0) is 39.5 Å². The molecule has 0 bridgehead atoms. The molecule has 2 rings (SSSR count). The highest BCUT2D eigenvalue weighted by Gasteiger charge is 2.28. The highest BCUT2D eigenvalue weighted by atomic mass is 127. The average Bonchev–Trinajstić information content (AvgIpc) is 2.64. The lowest BCUT2D eigenvalue weighted by atomic mass is 9.98. The minimum absolute atomic E-state index is 0. The number of nitrogens with one attached hydrogen (secondary N) is 2. The van der Waals surface area contributed by atoms with Crippen molar-refractivity contribution in [1.82, 2.24) is 19.8 Å². The normalized spacial score (nSPS) is 21.2. The van der Waals surface area contributed by atoms with Crippen molar-refractivity contribution >= 4 is 40.0 Å². The zero-order chi connectivity index (χ0) is 19.9. The fourth-order valence-corrected chi connectivity index (χ4v) is 4.44. The smallest absolute Gasteiger partial charge is 0.211 e. The van der Waals surface area contributed by atoms with Crippen molar-refractivity contribution in [2.24, 2.45) is 10.9 Å². The van der Waals surface area contributed by atoms with Gasteiger partial charge < -0.3 is 15.4 Å². The van der Waals surface area contributed by atoms with Gasteiger partial charge in [-0.15, -0.1) is 24.0 Å². The first kappa shape index (κ1) is 25.9. The summed E-state index contributed by atoms with van der Waals surface area (Å²) < 4.78 is 30.3. The third-order valence-electron chi connectivity index (χ3n) is 5.44. The summed E-state index contributed by atoms with van der Waals surface area (Å²) in [6, 6.07) is 0. The monoisotopic (exact) mass is 531 g/mol. The highest BCUT2D eigenvalue weighted by Crippen LogP contribution is 2.19. The molecule has 0 radical (unpaired) electrons. The first-order valence-electron chi connectivity index (χ1n) is 10.0. The van der Waals surface area contributed by atoms with E-state index >= 15 is 0 Å². The molecule has 2 aliphatic rings. The first-order chi connectivity index (χ1) is 12.7. The minimum atomic E-state index is -3.06. The summed E-state index contributed by atoms with van der Waals surface area (Å²) in [5, 5.41) is 6.77. The Bertz CT molecular complexity index is 586. The largest absolute Gasteiger partial charge is 0.379 e. The molecule has 0 saturated carbocycles. The van der Waals surface area contributed by atoms with Gasteiger partial charge in [-0.25, -0.2) is 12.7 Å². The number of halogens is 1. The number of ether oxygens (including phenoxy) is 1. The van der Waals surface area contributed by atoms with Gasteiger partial charge in [0.2, 0.25) is 10.0 Å². The lowest BCUT2D eigenvalue weighted by molar-refractivity contribution is -0.00684. The van der Waals surface area contributed by atoms with E-state index in [1.807, 2.05) is 0 Å². The molecule has 0 aromatic carbocycles. The number of sulfonamides is 1. The van der Waals surface area contributed by atoms with E-state index in [9.17, 15) is 8.42 Å². The fraction of sp³-hybridized carbons (Fsp3) is 0.944. The molecule has 0 aromatic heterocycles. The summed E-state index contributed by atoms with van der Waals surface area (Å²) in [4.78, 5) is 7.24. The molecular weight excluding hydrogens is 493 g/mol. The van der Waals surface area contributed by atoms with E-state index in [-0.39, 0.29) is 29.5 Å². The maximum absolute atomic E-state index is 11.6. The van der Waals surface area contributed by atoms with Crippen LogP contribution >= 0.6 is 24.0 Å². The Morgan fingerprint density at radius 2 is 1.75 bits per heavy atom. The minimum Gasteiger partial charge on any atom is -0.379 e. The summed E-state index contributed by atoms with van der Waals surface area (Å²) >= 11 is 0. The van der Waals surface area contributed by atoms with Gasteiger partial charge in [-0.1, -0.05) is 0 Å². The lowest BCUT2D eigenvalue weighted by Crippen LogP contribution is -2.52. The number of piperidine rings is 1. The summed E-state index contributed by atoms with van der Waals surface area (Å²) in [6.45, 7) is 13.6. The van der Waals surface area contributed by atoms with Crippen molar-refractivity contribution in [2.45, 2.75) is 39.2 Å². The third-order valence-corrected chi connectivity index (χ3v) is 6.74. The zero-order valence-corrected chi connectivity index (χ0v) is 20.9. The van der Waals surface area contributed by atoms with E-state index in [0.717, 1.165) is 64.7 Å². The first-order valence-corrected chi connectivity index (χ1v) is 11.9. The Morgan fingerprint density at radius 1 is 1.14 bits per heavy atom. The van der Waals surface area contributed by atoms with Crippen molar-refractivity contribution in [1.29, 1.82) is 0 Å². The molecule has 2 fully saturated rings. The van der Waals surface area contributed by atoms with E-state index < -0.39 is 10.0 Å². The Labute approximate surface area is 187 Å². The van der Waals surface area contributed by atoms with Crippen LogP contribution in [0.1, 0.15) is 33.6 Å². The van der Waals surface area contributed by atoms with Gasteiger partial charge in [0.25, 0.3) is 0 Å². The summed E-state index contributed by atoms with van der Waals surface area (Å²) in [5.74, 6) is 1.31. The van der Waals surface area contributed by atoms with E-state index in [4.69, 9.17) is 9.73 Å². The van der Waals surface area contributed by atoms with Gasteiger partial charge in [0.05, 0.1) is 26.0 Å². The molecule has 0 spiro atoms. The van der Waals surface area contributed by atoms with Gasteiger partial charge in [0, 0.05) is 44.8 Å². The van der Waals surface area contributed by atoms with E-state index in [1.165, 1.54) is 6.26 Å². The van der Waals surface area contributed by atoms with Gasteiger partial charge >= 0.3 is 0 Å². The van der Waals surface area contributed by atoms with Crippen molar-refractivity contribution in [3.05, 3.63) is 0 Å². The molecule has 2 N–H and O–H groups in total. The van der Waals surface area contributed by atoms with Crippen molar-refractivity contribution in [2.75, 3.05) is 65.3 Å². The van der Waals surface area contributed by atoms with E-state index in [2.05, 4.69) is 36.3 Å². The molecule has 0 aliphatic carbocycles. The van der Waals surface area contributed by atoms with Crippen LogP contribution in [0.25, 0.3) is 0 Å². The van der Waals surface area contributed by atoms with Crippen LogP contribution in [0.4, 0.5) is 0 Å². The molecule has 0 aromatic rings. The molecule has 8 nitrogen and oxygen atoms in total. The standard InChI is InChI=1S/C18H37N5O3S.HI/c1-5-19-17(21-15-18(2,3)22-10-12-26-13-11-22)20-14-16-6-8-23(9-7-16)27(4,24)25;/h16H,5-15H2,1-4H3,(H2,19,20,21);1H. The Kier molecular flexibility index (Phi) is 11.0. The lowest BCUT2D eigenvalue weighted by Gasteiger charge is -2.40. The second kappa shape index (κ2) is 11.9. The molecule has 28 heavy (non-hydrogen) atoms. The van der Waals surface area contributed by atoms with Gasteiger partial charge in [0.1, 0.15) is 0 Å². The average molecular weight is 532 g/mol. The number of aliphatic imine (C=N–C) groups is 1. The zero-order valence-electron chi connectivity index (χ0n) is 17.7. The van der Waals surface area contributed by atoms with Crippen LogP contribution < -0.4 is 10.6 Å². The topological polar surface area (TPSA) is 86.3 Å². The molecule has 2 saturated heterocycles. The van der Waals surface area contributed by atoms with E-state index in [1.54, 1.807) is 4.31 Å². The third kappa shape index (κ3) is 8.29. The summed E-state index contributed by atoms with van der Waals surface area (Å²) in [6.07, 6.45) is 3.06. The second-order valence-electron chi connectivity index (χ2n) is 8.09. The van der Waals surface area contributed by atoms with Crippen LogP contribution in [-0.4, -0.2) is 94.4 Å². The van der Waals surface area contributed by atoms with E-state index in [0.29, 0.717) is 19.0 Å². The van der Waals surface area contributed by atoms with Gasteiger partial charge in [0.15, 0.2) is 5.96 Å². The predicted octanol–water partition coefficient (Wildman–Crippen LogP) is 0.942. The highest BCUT2D eigenvalue weighted by molar-refractivity contribution is 14.0. The maximum Gasteiger partial charge on any atom is 0.211 e. The number of rotatable bonds is 7. The van der Waals surface area contributed by atoms with Gasteiger partial charge in [-0.3, -0.25) is 9.89 Å². The quantitative estimate of drug-likeness (QED) is 0.289. The van der Waals surface area contributed by atoms with Gasteiger partial charge in [-0.2, -0.15) is 0 Å². The number of hydrogen-bond donors (Lipinski definition) is 2. The van der Waals surface area contributed by atoms with Crippen LogP contribution in [0.5, 0.6) is 0 Å². The molecule has 2 aliphatic heterocycles. The molecule has 0 amide bonds. The number of nitrogens with zero attached hydrogens (tertiary/aromatic N) is 3. The fourth-order valence-electron chi connectivity index (χ4n) is 3.57. The Balaban J connectivity index is 0.00000392. The maximum atomic E-state index is 11.6. The van der Waals surface area contributed by atoms with Crippen LogP contribution in [0.3, 0.4) is 0 Å². The van der Waals surface area contributed by atoms with Crippen LogP contribution in [-0.2, 0) is 14.8 Å². The summed E-state index contributed by atoms with van der Waals surface area (Å²) in [5.41, 5.74) is -0.00699. The number of guanidine groups is 1. The Morgan fingerprint density at radius 3 is 2.29 bits per heavy atom. The molecule has 0 atom stereocenters. The predicted molar refractivity (Wildman–Crippen MR) is 125 cm³/mol. The van der Waals surface area contributed by atoms with Crippen molar-refractivity contribution in [3.8, 4) is 0 Å². The molecule has 166 valence electrons. The Hall–Kier alpha value is -0.170. The second-order valence-corrected chi connectivity index (χ2v) is 10.1. The van der Waals surface area contributed by atoms with Crippen LogP contribution in [0.2, 0.25) is 0 Å². The van der Waals surface area contributed by atoms with Crippen molar-refractivity contribution in [3.63, 3.8) is 0 Å². The van der Waals surface area contributed by atoms with Crippen LogP contribution in [0, 0.1) is 5.92 Å². The molecule has 0 unspecified atom stereocenters. The number of hydrogen-bond acceptors (Lipinski definition) is 5. The summed E-state index contributed by atoms with van der Waals surface area (Å²) in [7, 11) is -3.06. The molecule has 2 heterocycles.